The molecule has 224 valence electrons. The minimum absolute atomic E-state index is 0.162. The minimum Gasteiger partial charge on any atom is -0.456 e. The molecule has 0 saturated heterocycles. The summed E-state index contributed by atoms with van der Waals surface area (Å²) < 4.78 is 46.5. The Kier molecular flexibility index (Phi) is 6.46. The monoisotopic (exact) mass is 595 g/mol. The van der Waals surface area contributed by atoms with Gasteiger partial charge < -0.3 is 4.74 Å². The second-order valence-electron chi connectivity index (χ2n) is 11.7. The van der Waals surface area contributed by atoms with E-state index in [4.69, 9.17) is 10.2 Å². The van der Waals surface area contributed by atoms with Crippen molar-refractivity contribution < 1.29 is 14.8 Å². The highest BCUT2D eigenvalue weighted by Gasteiger charge is 2.15. The molecule has 0 aliphatic carbocycles. The van der Waals surface area contributed by atoms with E-state index in [1.807, 2.05) is 122 Å². The number of imidazole rings is 1. The van der Waals surface area contributed by atoms with E-state index in [2.05, 4.69) is 26.9 Å². The van der Waals surface area contributed by atoms with Gasteiger partial charge in [0.15, 0.2) is 0 Å². The second-order valence-corrected chi connectivity index (χ2v) is 11.7. The lowest BCUT2D eigenvalue weighted by Crippen LogP contribution is -2.28. The van der Waals surface area contributed by atoms with E-state index >= 15 is 0 Å². The van der Waals surface area contributed by atoms with Gasteiger partial charge >= 0.3 is 0 Å². The van der Waals surface area contributed by atoms with E-state index in [1.54, 1.807) is 24.7 Å². The third kappa shape index (κ3) is 5.96. The number of hydrogen-bond donors (Lipinski definition) is 0. The van der Waals surface area contributed by atoms with Crippen molar-refractivity contribution >= 4 is 21.8 Å². The zero-order chi connectivity index (χ0) is 34.5. The van der Waals surface area contributed by atoms with Crippen LogP contribution in [0.4, 0.5) is 0 Å². The molecular formula is C39H37N5O. The molecule has 0 atom stereocenters. The predicted molar refractivity (Wildman–Crippen MR) is 180 cm³/mol. The highest BCUT2D eigenvalue weighted by molar-refractivity contribution is 6.09. The van der Waals surface area contributed by atoms with Crippen molar-refractivity contribution in [3.05, 3.63) is 133 Å². The van der Waals surface area contributed by atoms with Gasteiger partial charge in [0, 0.05) is 47.1 Å². The van der Waals surface area contributed by atoms with Crippen molar-refractivity contribution in [3.63, 3.8) is 0 Å². The Morgan fingerprint density at radius 2 is 1.60 bits per heavy atom. The van der Waals surface area contributed by atoms with Crippen molar-refractivity contribution in [1.29, 1.82) is 0 Å². The highest BCUT2D eigenvalue weighted by atomic mass is 16.5. The quantitative estimate of drug-likeness (QED) is 0.124. The van der Waals surface area contributed by atoms with Crippen LogP contribution in [-0.4, -0.2) is 19.1 Å². The zero-order valence-electron chi connectivity index (χ0n) is 29.8. The van der Waals surface area contributed by atoms with Crippen LogP contribution in [0, 0.1) is 18.2 Å². The van der Waals surface area contributed by atoms with Gasteiger partial charge in [-0.15, -0.1) is 0 Å². The molecule has 3 aromatic carbocycles. The van der Waals surface area contributed by atoms with Gasteiger partial charge in [-0.05, 0) is 78.7 Å². The van der Waals surface area contributed by atoms with Gasteiger partial charge in [0.2, 0.25) is 0 Å². The maximum absolute atomic E-state index is 8.68. The SMILES string of the molecule is [2H]C([2H])(c1cccc(-[n+]2[c-]n(-c3cncc(Oc4ccc5c6ccccc6n(-c6cc(C([2H])([2H])C(C)C)ccn6)c5c4)c3)cc2)c1)C(C)C. The number of aromatic nitrogens is 5. The Hall–Kier alpha value is -5.23. The highest BCUT2D eigenvalue weighted by Crippen LogP contribution is 2.35. The minimum atomic E-state index is -1.51. The average Bonchev–Trinajstić information content (AvgIpc) is 3.72. The van der Waals surface area contributed by atoms with Crippen LogP contribution < -0.4 is 9.30 Å². The maximum atomic E-state index is 8.68. The number of para-hydroxylation sites is 1. The van der Waals surface area contributed by atoms with Crippen molar-refractivity contribution in [2.24, 2.45) is 11.8 Å². The van der Waals surface area contributed by atoms with E-state index in [1.165, 1.54) is 0 Å². The van der Waals surface area contributed by atoms with Gasteiger partial charge in [-0.2, -0.15) is 0 Å². The van der Waals surface area contributed by atoms with Gasteiger partial charge in [-0.1, -0.05) is 63.6 Å². The lowest BCUT2D eigenvalue weighted by molar-refractivity contribution is -0.599. The second kappa shape index (κ2) is 12.0. The molecule has 4 aromatic heterocycles. The molecule has 0 spiro atoms. The summed E-state index contributed by atoms with van der Waals surface area (Å²) in [7, 11) is 0. The van der Waals surface area contributed by atoms with E-state index in [0.29, 0.717) is 28.4 Å². The van der Waals surface area contributed by atoms with Gasteiger partial charge in [0.25, 0.3) is 6.33 Å². The molecule has 0 amide bonds. The van der Waals surface area contributed by atoms with Gasteiger partial charge in [-0.25, -0.2) is 4.98 Å². The first-order valence-electron chi connectivity index (χ1n) is 17.2. The molecule has 45 heavy (non-hydrogen) atoms. The Balaban J connectivity index is 1.22. The Morgan fingerprint density at radius 1 is 0.800 bits per heavy atom. The van der Waals surface area contributed by atoms with Gasteiger partial charge in [0.1, 0.15) is 17.3 Å². The third-order valence-electron chi connectivity index (χ3n) is 7.45. The van der Waals surface area contributed by atoms with Crippen LogP contribution in [0.2, 0.25) is 0 Å². The maximum Gasteiger partial charge on any atom is 0.268 e. The number of fused-ring (bicyclic) bond motifs is 3. The van der Waals surface area contributed by atoms with E-state index in [0.717, 1.165) is 33.2 Å². The van der Waals surface area contributed by atoms with Crippen LogP contribution in [0.5, 0.6) is 11.5 Å². The van der Waals surface area contributed by atoms with Crippen molar-refractivity contribution in [3.8, 4) is 28.7 Å². The molecule has 4 heterocycles. The molecule has 6 nitrogen and oxygen atoms in total. The average molecular weight is 596 g/mol. The molecule has 7 rings (SSSR count). The molecule has 0 N–H and O–H groups in total. The van der Waals surface area contributed by atoms with Crippen molar-refractivity contribution in [2.75, 3.05) is 0 Å². The summed E-state index contributed by atoms with van der Waals surface area (Å²) >= 11 is 0. The summed E-state index contributed by atoms with van der Waals surface area (Å²) in [6.45, 7) is 7.53. The van der Waals surface area contributed by atoms with Crippen LogP contribution in [0.3, 0.4) is 0 Å². The van der Waals surface area contributed by atoms with Crippen LogP contribution in [0.25, 0.3) is 39.0 Å². The Labute approximate surface area is 269 Å². The molecule has 0 fully saturated rings. The number of ether oxygens (including phenoxy) is 1. The van der Waals surface area contributed by atoms with Crippen LogP contribution >= 0.6 is 0 Å². The third-order valence-corrected chi connectivity index (χ3v) is 7.45. The fourth-order valence-corrected chi connectivity index (χ4v) is 5.64. The van der Waals surface area contributed by atoms with Crippen LogP contribution in [0.1, 0.15) is 44.3 Å². The first-order chi connectivity index (χ1) is 23.4. The van der Waals surface area contributed by atoms with Crippen LogP contribution in [0.15, 0.2) is 116 Å². The molecule has 0 radical (unpaired) electrons. The fourth-order valence-electron chi connectivity index (χ4n) is 5.64. The first kappa shape index (κ1) is 24.1. The topological polar surface area (TPSA) is 48.8 Å². The molecule has 6 heteroatoms. The number of nitrogens with zero attached hydrogens (tertiary/aromatic N) is 5. The summed E-state index contributed by atoms with van der Waals surface area (Å²) in [5.41, 5.74) is 4.63. The summed E-state index contributed by atoms with van der Waals surface area (Å²) in [4.78, 5) is 9.12. The molecule has 0 aliphatic rings. The number of pyridine rings is 2. The summed E-state index contributed by atoms with van der Waals surface area (Å²) in [6.07, 6.45) is 9.17. The Bertz CT molecular complexity index is 2310. The molecule has 0 unspecified atom stereocenters. The number of hydrogen-bond acceptors (Lipinski definition) is 3. The predicted octanol–water partition coefficient (Wildman–Crippen LogP) is 8.63. The molecule has 7 aromatic rings. The molecular weight excluding hydrogens is 554 g/mol. The lowest BCUT2D eigenvalue weighted by Gasteiger charge is -2.11. The summed E-state index contributed by atoms with van der Waals surface area (Å²) in [5, 5.41) is 2.10. The van der Waals surface area contributed by atoms with Crippen molar-refractivity contribution in [2.45, 2.75) is 40.4 Å². The van der Waals surface area contributed by atoms with E-state index < -0.39 is 12.7 Å². The first-order valence-corrected chi connectivity index (χ1v) is 15.2. The molecule has 0 saturated carbocycles. The number of rotatable bonds is 9. The smallest absolute Gasteiger partial charge is 0.268 e. The fraction of sp³-hybridized carbons (Fsp3) is 0.205. The van der Waals surface area contributed by atoms with Gasteiger partial charge in [-0.3, -0.25) is 18.7 Å². The van der Waals surface area contributed by atoms with E-state index in [-0.39, 0.29) is 11.8 Å². The molecule has 0 bridgehead atoms. The zero-order valence-corrected chi connectivity index (χ0v) is 25.8. The van der Waals surface area contributed by atoms with E-state index in [9.17, 15) is 0 Å². The lowest BCUT2D eigenvalue weighted by atomic mass is 10.0. The number of benzene rings is 3. The normalized spacial score (nSPS) is 13.6. The summed E-state index contributed by atoms with van der Waals surface area (Å²) in [5.74, 6) is 1.44. The van der Waals surface area contributed by atoms with Gasteiger partial charge in [0.05, 0.1) is 28.6 Å². The van der Waals surface area contributed by atoms with Crippen LogP contribution in [-0.2, 0) is 12.7 Å². The standard InChI is InChI=1S/C39H37N5O/c1-27(2)18-29-8-7-9-31(20-29)42-16-17-43(26-42)32-22-34(25-40-24-32)45-33-12-13-36-35-10-5-6-11-37(35)44(38(36)23-33)39-21-30(14-15-41-39)19-28(3)4/h5-17,20-25,27-28H,18-19H2,1-4H3/i18D2,19D2. The largest absolute Gasteiger partial charge is 0.456 e. The molecule has 0 aliphatic heterocycles. The Morgan fingerprint density at radius 3 is 2.44 bits per heavy atom. The summed E-state index contributed by atoms with van der Waals surface area (Å²) in [6, 6.07) is 27.0. The van der Waals surface area contributed by atoms with Crippen molar-refractivity contribution in [1.82, 2.24) is 19.1 Å².